The topological polar surface area (TPSA) is 76.3 Å². The average Bonchev–Trinajstić information content (AvgIpc) is 2.90. The van der Waals surface area contributed by atoms with Gasteiger partial charge in [0.2, 0.25) is 10.0 Å². The molecule has 0 unspecified atom stereocenters. The summed E-state index contributed by atoms with van der Waals surface area (Å²) < 4.78 is 26.6. The summed E-state index contributed by atoms with van der Waals surface area (Å²) in [5.41, 5.74) is 5.55. The average molecular weight is 269 g/mol. The Morgan fingerprint density at radius 1 is 1.39 bits per heavy atom. The van der Waals surface area contributed by atoms with Crippen molar-refractivity contribution in [1.29, 1.82) is 0 Å². The number of hydrogen-bond acceptors (Lipinski definition) is 4. The van der Waals surface area contributed by atoms with Gasteiger partial charge in [0.15, 0.2) is 0 Å². The third-order valence-corrected chi connectivity index (χ3v) is 5.26. The molecule has 0 amide bonds. The molecule has 6 heteroatoms. The smallest absolute Gasteiger partial charge is 0.244 e. The fourth-order valence-corrected chi connectivity index (χ4v) is 4.12. The SMILES string of the molecule is NCCN(C1CCCC1)S(=O)(=O)c1cccnc1. The zero-order valence-corrected chi connectivity index (χ0v) is 11.1. The van der Waals surface area contributed by atoms with Crippen LogP contribution in [0.2, 0.25) is 0 Å². The number of nitrogens with two attached hydrogens (primary N) is 1. The molecule has 1 aromatic rings. The fraction of sp³-hybridized carbons (Fsp3) is 0.583. The Morgan fingerprint density at radius 2 is 2.11 bits per heavy atom. The van der Waals surface area contributed by atoms with E-state index in [2.05, 4.69) is 4.98 Å². The summed E-state index contributed by atoms with van der Waals surface area (Å²) in [6.07, 6.45) is 7.01. The van der Waals surface area contributed by atoms with Crippen LogP contribution in [0, 0.1) is 0 Å². The minimum absolute atomic E-state index is 0.0961. The van der Waals surface area contributed by atoms with Gasteiger partial charge in [-0.3, -0.25) is 4.98 Å². The molecule has 0 spiro atoms. The van der Waals surface area contributed by atoms with Crippen molar-refractivity contribution in [3.05, 3.63) is 24.5 Å². The van der Waals surface area contributed by atoms with E-state index < -0.39 is 10.0 Å². The number of pyridine rings is 1. The van der Waals surface area contributed by atoms with E-state index in [1.165, 1.54) is 6.20 Å². The van der Waals surface area contributed by atoms with Crippen molar-refractivity contribution in [2.45, 2.75) is 36.6 Å². The maximum absolute atomic E-state index is 12.5. The molecule has 0 radical (unpaired) electrons. The van der Waals surface area contributed by atoms with Crippen molar-refractivity contribution >= 4 is 10.0 Å². The number of nitrogens with zero attached hydrogens (tertiary/aromatic N) is 2. The first-order valence-electron chi connectivity index (χ1n) is 6.28. The number of hydrogen-bond donors (Lipinski definition) is 1. The second-order valence-corrected chi connectivity index (χ2v) is 6.42. The van der Waals surface area contributed by atoms with Gasteiger partial charge in [0.1, 0.15) is 4.90 Å². The lowest BCUT2D eigenvalue weighted by atomic mass is 10.2. The van der Waals surface area contributed by atoms with Gasteiger partial charge >= 0.3 is 0 Å². The summed E-state index contributed by atoms with van der Waals surface area (Å²) in [7, 11) is -3.46. The van der Waals surface area contributed by atoms with E-state index in [4.69, 9.17) is 5.73 Å². The van der Waals surface area contributed by atoms with Gasteiger partial charge in [-0.25, -0.2) is 8.42 Å². The van der Waals surface area contributed by atoms with Crippen molar-refractivity contribution in [3.63, 3.8) is 0 Å². The van der Waals surface area contributed by atoms with Crippen LogP contribution in [0.1, 0.15) is 25.7 Å². The minimum Gasteiger partial charge on any atom is -0.329 e. The molecule has 0 saturated heterocycles. The minimum atomic E-state index is -3.46. The first-order valence-corrected chi connectivity index (χ1v) is 7.72. The van der Waals surface area contributed by atoms with E-state index in [-0.39, 0.29) is 10.9 Å². The van der Waals surface area contributed by atoms with Crippen LogP contribution >= 0.6 is 0 Å². The number of aromatic nitrogens is 1. The summed E-state index contributed by atoms with van der Waals surface area (Å²) in [5, 5.41) is 0. The summed E-state index contributed by atoms with van der Waals surface area (Å²) in [6, 6.07) is 3.32. The van der Waals surface area contributed by atoms with E-state index >= 15 is 0 Å². The quantitative estimate of drug-likeness (QED) is 0.864. The van der Waals surface area contributed by atoms with Gasteiger partial charge in [-0.1, -0.05) is 12.8 Å². The van der Waals surface area contributed by atoms with E-state index in [1.54, 1.807) is 22.6 Å². The predicted octanol–water partition coefficient (Wildman–Crippen LogP) is 0.974. The molecule has 5 nitrogen and oxygen atoms in total. The van der Waals surface area contributed by atoms with Gasteiger partial charge in [0.25, 0.3) is 0 Å². The Kier molecular flexibility index (Phi) is 4.31. The van der Waals surface area contributed by atoms with Crippen LogP contribution in [0.25, 0.3) is 0 Å². The first-order chi connectivity index (χ1) is 8.66. The van der Waals surface area contributed by atoms with Gasteiger partial charge < -0.3 is 5.73 Å². The normalized spacial score (nSPS) is 17.4. The van der Waals surface area contributed by atoms with Crippen molar-refractivity contribution in [1.82, 2.24) is 9.29 Å². The molecule has 0 atom stereocenters. The fourth-order valence-electron chi connectivity index (χ4n) is 2.45. The molecule has 1 saturated carbocycles. The predicted molar refractivity (Wildman–Crippen MR) is 69.4 cm³/mol. The molecule has 100 valence electrons. The maximum atomic E-state index is 12.5. The van der Waals surface area contributed by atoms with Gasteiger partial charge in [-0.2, -0.15) is 4.31 Å². The van der Waals surface area contributed by atoms with Crippen molar-refractivity contribution in [2.75, 3.05) is 13.1 Å². The summed E-state index contributed by atoms with van der Waals surface area (Å²) in [6.45, 7) is 0.720. The standard InChI is InChI=1S/C12H19N3O2S/c13-7-9-15(11-4-1-2-5-11)18(16,17)12-6-3-8-14-10-12/h3,6,8,10-11H,1-2,4-5,7,9,13H2. The molecule has 1 aliphatic carbocycles. The molecular weight excluding hydrogens is 250 g/mol. The highest BCUT2D eigenvalue weighted by Gasteiger charge is 2.32. The third-order valence-electron chi connectivity index (χ3n) is 3.32. The van der Waals surface area contributed by atoms with Crippen LogP contribution in [0.5, 0.6) is 0 Å². The maximum Gasteiger partial charge on any atom is 0.244 e. The van der Waals surface area contributed by atoms with Crippen LogP contribution < -0.4 is 5.73 Å². The highest BCUT2D eigenvalue weighted by Crippen LogP contribution is 2.27. The van der Waals surface area contributed by atoms with E-state index in [9.17, 15) is 8.42 Å². The zero-order valence-electron chi connectivity index (χ0n) is 10.3. The summed E-state index contributed by atoms with van der Waals surface area (Å²) >= 11 is 0. The van der Waals surface area contributed by atoms with Crippen molar-refractivity contribution < 1.29 is 8.42 Å². The molecule has 18 heavy (non-hydrogen) atoms. The van der Waals surface area contributed by atoms with E-state index in [1.807, 2.05) is 0 Å². The van der Waals surface area contributed by atoms with Crippen LogP contribution in [-0.2, 0) is 10.0 Å². The Hall–Kier alpha value is -0.980. The van der Waals surface area contributed by atoms with E-state index in [0.29, 0.717) is 13.1 Å². The Morgan fingerprint density at radius 3 is 2.67 bits per heavy atom. The zero-order chi connectivity index (χ0) is 13.0. The second kappa shape index (κ2) is 5.77. The van der Waals surface area contributed by atoms with Gasteiger partial charge in [0, 0.05) is 31.5 Å². The number of rotatable bonds is 5. The van der Waals surface area contributed by atoms with Gasteiger partial charge in [-0.15, -0.1) is 0 Å². The lowest BCUT2D eigenvalue weighted by Crippen LogP contribution is -2.41. The molecule has 1 heterocycles. The van der Waals surface area contributed by atoms with Crippen molar-refractivity contribution in [2.24, 2.45) is 5.73 Å². The molecule has 1 fully saturated rings. The summed E-state index contributed by atoms with van der Waals surface area (Å²) in [4.78, 5) is 4.14. The molecule has 1 aliphatic rings. The number of sulfonamides is 1. The molecule has 2 rings (SSSR count). The highest BCUT2D eigenvalue weighted by atomic mass is 32.2. The van der Waals surface area contributed by atoms with Gasteiger partial charge in [-0.05, 0) is 25.0 Å². The Labute approximate surface area is 108 Å². The lowest BCUT2D eigenvalue weighted by Gasteiger charge is -2.27. The largest absolute Gasteiger partial charge is 0.329 e. The first kappa shape index (κ1) is 13.5. The molecule has 0 aliphatic heterocycles. The lowest BCUT2D eigenvalue weighted by molar-refractivity contribution is 0.328. The molecular formula is C12H19N3O2S. The van der Waals surface area contributed by atoms with Crippen LogP contribution in [-0.4, -0.2) is 36.8 Å². The van der Waals surface area contributed by atoms with Crippen LogP contribution in [0.3, 0.4) is 0 Å². The van der Waals surface area contributed by atoms with E-state index in [0.717, 1.165) is 25.7 Å². The van der Waals surface area contributed by atoms with Gasteiger partial charge in [0.05, 0.1) is 0 Å². The van der Waals surface area contributed by atoms with Crippen LogP contribution in [0.4, 0.5) is 0 Å². The Bertz CT molecular complexity index is 469. The molecule has 0 aromatic carbocycles. The molecule has 1 aromatic heterocycles. The third kappa shape index (κ3) is 2.71. The summed E-state index contributed by atoms with van der Waals surface area (Å²) in [5.74, 6) is 0. The second-order valence-electron chi connectivity index (χ2n) is 4.53. The monoisotopic (exact) mass is 269 g/mol. The molecule has 2 N–H and O–H groups in total. The van der Waals surface area contributed by atoms with Crippen LogP contribution in [0.15, 0.2) is 29.4 Å². The highest BCUT2D eigenvalue weighted by molar-refractivity contribution is 7.89. The van der Waals surface area contributed by atoms with Crippen molar-refractivity contribution in [3.8, 4) is 0 Å². The Balaban J connectivity index is 2.29. The molecule has 0 bridgehead atoms.